The number of thiazole rings is 1. The van der Waals surface area contributed by atoms with Gasteiger partial charge in [0, 0.05) is 18.6 Å². The van der Waals surface area contributed by atoms with Crippen LogP contribution in [0.2, 0.25) is 0 Å². The Morgan fingerprint density at radius 1 is 1.30 bits per heavy atom. The average Bonchev–Trinajstić information content (AvgIpc) is 3.56. The zero-order chi connectivity index (χ0) is 26.4. The third-order valence-electron chi connectivity index (χ3n) is 8.96. The van der Waals surface area contributed by atoms with Gasteiger partial charge < -0.3 is 15.2 Å². The second-order valence-corrected chi connectivity index (χ2v) is 14.5. The van der Waals surface area contributed by atoms with E-state index in [1.54, 1.807) is 32.2 Å². The van der Waals surface area contributed by atoms with Crippen molar-refractivity contribution in [2.75, 3.05) is 11.9 Å². The fourth-order valence-electron chi connectivity index (χ4n) is 6.90. The van der Waals surface area contributed by atoms with Crippen LogP contribution in [-0.4, -0.2) is 33.3 Å². The summed E-state index contributed by atoms with van der Waals surface area (Å²) in [4.78, 5) is 28.9. The number of hydrogen-bond donors (Lipinski definition) is 2. The van der Waals surface area contributed by atoms with Gasteiger partial charge in [0.25, 0.3) is 0 Å². The summed E-state index contributed by atoms with van der Waals surface area (Å²) >= 11 is 2.55. The van der Waals surface area contributed by atoms with Crippen LogP contribution >= 0.6 is 23.1 Å². The summed E-state index contributed by atoms with van der Waals surface area (Å²) in [5, 5.41) is 12.9. The number of aromatic nitrogens is 1. The second kappa shape index (κ2) is 9.97. The highest BCUT2D eigenvalue weighted by Gasteiger charge is 2.92. The van der Waals surface area contributed by atoms with E-state index in [-0.39, 0.29) is 23.7 Å². The number of thioether (sulfide) groups is 1. The van der Waals surface area contributed by atoms with Crippen molar-refractivity contribution < 1.29 is 23.8 Å². The molecule has 0 radical (unpaired) electrons. The molecular formula is C28H35FN2O4S2. The molecule has 1 spiro atoms. The van der Waals surface area contributed by atoms with Gasteiger partial charge in [-0.05, 0) is 67.8 Å². The highest BCUT2D eigenvalue weighted by Crippen LogP contribution is 2.96. The number of carbonyl (C=O) groups excluding carboxylic acids is 1. The summed E-state index contributed by atoms with van der Waals surface area (Å²) in [5.74, 6) is 0.662. The van der Waals surface area contributed by atoms with Crippen LogP contribution in [0.25, 0.3) is 0 Å². The highest BCUT2D eigenvalue weighted by atomic mass is 32.2. The van der Waals surface area contributed by atoms with E-state index in [4.69, 9.17) is 4.74 Å². The average molecular weight is 547 g/mol. The van der Waals surface area contributed by atoms with Crippen LogP contribution in [0.3, 0.4) is 0 Å². The second-order valence-electron chi connectivity index (χ2n) is 11.5. The zero-order valence-corrected chi connectivity index (χ0v) is 23.2. The maximum absolute atomic E-state index is 13.9. The van der Waals surface area contributed by atoms with Gasteiger partial charge in [-0.2, -0.15) is 0 Å². The maximum atomic E-state index is 13.9. The fourth-order valence-corrected chi connectivity index (χ4v) is 9.19. The Balaban J connectivity index is 1.18. The molecule has 0 bridgehead atoms. The molecular weight excluding hydrogens is 511 g/mol. The van der Waals surface area contributed by atoms with E-state index in [0.717, 1.165) is 16.5 Å². The molecule has 9 heteroatoms. The molecule has 1 amide bonds. The number of benzene rings is 1. The van der Waals surface area contributed by atoms with Crippen LogP contribution in [0.1, 0.15) is 64.9 Å². The number of aliphatic carboxylic acids is 1. The summed E-state index contributed by atoms with van der Waals surface area (Å²) in [7, 11) is 0. The first-order valence-corrected chi connectivity index (χ1v) is 14.7. The molecule has 5 rings (SSSR count). The summed E-state index contributed by atoms with van der Waals surface area (Å²) < 4.78 is 19.5. The standard InChI is InChI=1S/C28H35FN2O4S2/c1-17-8-11-27(12-9-17)23-19(10-13-35-16-18-6-4-5-7-20(18)29)28(23,27)14-21(32)31-25-30-15-22(36-25)37-26(2,3)24(33)34/h4-7,15,17,19,23H,8-14,16H2,1-3H3,(H,33,34)(H,30,31,32)/t17?,19?,23-,27?,28?/m0/s1. The molecule has 2 unspecified atom stereocenters. The smallest absolute Gasteiger partial charge is 0.319 e. The Morgan fingerprint density at radius 2 is 2.03 bits per heavy atom. The Morgan fingerprint density at radius 3 is 2.73 bits per heavy atom. The van der Waals surface area contributed by atoms with Crippen LogP contribution in [0.15, 0.2) is 34.7 Å². The van der Waals surface area contributed by atoms with Crippen molar-refractivity contribution in [2.45, 2.75) is 74.9 Å². The maximum Gasteiger partial charge on any atom is 0.319 e. The predicted octanol–water partition coefficient (Wildman–Crippen LogP) is 6.62. The molecule has 1 heterocycles. The minimum absolute atomic E-state index is 0.0151. The molecule has 0 aliphatic heterocycles. The molecule has 3 saturated carbocycles. The van der Waals surface area contributed by atoms with Crippen molar-refractivity contribution in [3.8, 4) is 0 Å². The van der Waals surface area contributed by atoms with Gasteiger partial charge in [-0.25, -0.2) is 9.37 Å². The van der Waals surface area contributed by atoms with Crippen LogP contribution < -0.4 is 5.32 Å². The van der Waals surface area contributed by atoms with Crippen LogP contribution in [0.4, 0.5) is 9.52 Å². The van der Waals surface area contributed by atoms with Gasteiger partial charge in [0.05, 0.1) is 17.0 Å². The van der Waals surface area contributed by atoms with Crippen molar-refractivity contribution in [3.05, 3.63) is 41.8 Å². The molecule has 0 saturated heterocycles. The largest absolute Gasteiger partial charge is 0.480 e. The number of ether oxygens (including phenoxy) is 1. The van der Waals surface area contributed by atoms with E-state index in [9.17, 15) is 19.1 Å². The Kier molecular flexibility index (Phi) is 7.17. The van der Waals surface area contributed by atoms with Crippen molar-refractivity contribution >= 4 is 40.1 Å². The number of carbonyl (C=O) groups is 2. The van der Waals surface area contributed by atoms with E-state index in [1.165, 1.54) is 54.8 Å². The third-order valence-corrected chi connectivity index (χ3v) is 11.2. The van der Waals surface area contributed by atoms with Crippen molar-refractivity contribution in [1.82, 2.24) is 4.98 Å². The molecule has 1 aromatic heterocycles. The minimum Gasteiger partial charge on any atom is -0.480 e. The van der Waals surface area contributed by atoms with Crippen LogP contribution in [0.5, 0.6) is 0 Å². The lowest BCUT2D eigenvalue weighted by Gasteiger charge is -2.37. The molecule has 3 aliphatic carbocycles. The molecule has 3 fully saturated rings. The number of rotatable bonds is 11. The first-order chi connectivity index (χ1) is 17.6. The molecule has 3 atom stereocenters. The summed E-state index contributed by atoms with van der Waals surface area (Å²) in [5.41, 5.74) is 0.921. The van der Waals surface area contributed by atoms with E-state index >= 15 is 0 Å². The number of carboxylic acid groups (broad SMARTS) is 1. The van der Waals surface area contributed by atoms with Gasteiger partial charge in [-0.15, -0.1) is 0 Å². The Bertz CT molecular complexity index is 1180. The molecule has 1 aromatic carbocycles. The Labute approximate surface area is 225 Å². The summed E-state index contributed by atoms with van der Waals surface area (Å²) in [6.07, 6.45) is 7.86. The fraction of sp³-hybridized carbons (Fsp3) is 0.607. The lowest BCUT2D eigenvalue weighted by molar-refractivity contribution is -0.138. The number of halogens is 1. The van der Waals surface area contributed by atoms with Gasteiger partial charge >= 0.3 is 5.97 Å². The number of anilines is 1. The van der Waals surface area contributed by atoms with E-state index in [2.05, 4.69) is 17.2 Å². The minimum atomic E-state index is -0.964. The predicted molar refractivity (Wildman–Crippen MR) is 143 cm³/mol. The van der Waals surface area contributed by atoms with Crippen molar-refractivity contribution in [2.24, 2.45) is 28.6 Å². The summed E-state index contributed by atoms with van der Waals surface area (Å²) in [6.45, 7) is 6.46. The normalized spacial score (nSPS) is 30.1. The first-order valence-electron chi connectivity index (χ1n) is 13.1. The molecule has 6 nitrogen and oxygen atoms in total. The zero-order valence-electron chi connectivity index (χ0n) is 21.6. The lowest BCUT2D eigenvalue weighted by Crippen LogP contribution is -2.31. The van der Waals surface area contributed by atoms with E-state index in [0.29, 0.717) is 41.0 Å². The van der Waals surface area contributed by atoms with E-state index < -0.39 is 10.7 Å². The molecule has 37 heavy (non-hydrogen) atoms. The monoisotopic (exact) mass is 546 g/mol. The lowest BCUT2D eigenvalue weighted by atomic mass is 9.67. The number of hydrogen-bond acceptors (Lipinski definition) is 6. The number of nitrogens with one attached hydrogen (secondary N) is 1. The molecule has 3 aliphatic rings. The molecule has 200 valence electrons. The van der Waals surface area contributed by atoms with Crippen LogP contribution in [-0.2, 0) is 20.9 Å². The number of carboxylic acids is 1. The highest BCUT2D eigenvalue weighted by molar-refractivity contribution is 8.03. The van der Waals surface area contributed by atoms with Gasteiger partial charge in [0.1, 0.15) is 10.6 Å². The van der Waals surface area contributed by atoms with Gasteiger partial charge in [0.2, 0.25) is 5.91 Å². The first kappa shape index (κ1) is 26.6. The van der Waals surface area contributed by atoms with Gasteiger partial charge in [0.15, 0.2) is 5.13 Å². The van der Waals surface area contributed by atoms with Gasteiger partial charge in [-0.3, -0.25) is 9.59 Å². The number of nitrogens with zero attached hydrogens (tertiary/aromatic N) is 1. The quantitative estimate of drug-likeness (QED) is 0.243. The van der Waals surface area contributed by atoms with Crippen molar-refractivity contribution in [1.29, 1.82) is 0 Å². The molecule has 2 N–H and O–H groups in total. The number of amides is 1. The van der Waals surface area contributed by atoms with Crippen molar-refractivity contribution in [3.63, 3.8) is 0 Å². The molecule has 2 aromatic rings. The van der Waals surface area contributed by atoms with Gasteiger partial charge in [-0.1, -0.05) is 61.1 Å². The third kappa shape index (κ3) is 4.94. The van der Waals surface area contributed by atoms with E-state index in [1.807, 2.05) is 6.07 Å². The topological polar surface area (TPSA) is 88.5 Å². The van der Waals surface area contributed by atoms with Crippen LogP contribution in [0, 0.1) is 34.4 Å². The number of fused-ring (bicyclic) bond motifs is 3. The Hall–Kier alpha value is -1.97. The SMILES string of the molecule is CC1CCC2(CC1)[C@@H]1C(CCOCc3ccccc3F)C12CC(=O)Nc1ncc(SC(C)(C)C(=O)O)s1. The summed E-state index contributed by atoms with van der Waals surface area (Å²) in [6, 6.07) is 6.70.